The molecule has 1 saturated heterocycles. The van der Waals surface area contributed by atoms with Crippen LogP contribution in [-0.2, 0) is 6.42 Å². The third-order valence-electron chi connectivity index (χ3n) is 4.68. The lowest BCUT2D eigenvalue weighted by Crippen LogP contribution is -2.46. The topological polar surface area (TPSA) is 53.7 Å². The first kappa shape index (κ1) is 17.5. The second-order valence-corrected chi connectivity index (χ2v) is 6.93. The molecule has 5 nitrogen and oxygen atoms in total. The Labute approximate surface area is 150 Å². The summed E-state index contributed by atoms with van der Waals surface area (Å²) in [5, 5.41) is 3.46. The van der Waals surface area contributed by atoms with Crippen LogP contribution in [-0.4, -0.2) is 42.5 Å². The van der Waals surface area contributed by atoms with Gasteiger partial charge in [-0.15, -0.1) is 0 Å². The number of benzene rings is 1. The summed E-state index contributed by atoms with van der Waals surface area (Å²) < 4.78 is 5.63. The SMILES string of the molecule is CN=C(NCCc1coc(-c2ccc(C)cc2)n1)N1CCCC(C)C1. The molecular weight excluding hydrogens is 312 g/mol. The molecule has 2 heterocycles. The van der Waals surface area contributed by atoms with Gasteiger partial charge in [0.2, 0.25) is 5.89 Å². The zero-order valence-electron chi connectivity index (χ0n) is 15.5. The predicted octanol–water partition coefficient (Wildman–Crippen LogP) is 3.50. The number of piperidine rings is 1. The fourth-order valence-electron chi connectivity index (χ4n) is 3.27. The Kier molecular flexibility index (Phi) is 5.74. The maximum Gasteiger partial charge on any atom is 0.226 e. The van der Waals surface area contributed by atoms with Crippen molar-refractivity contribution in [3.8, 4) is 11.5 Å². The highest BCUT2D eigenvalue weighted by atomic mass is 16.3. The van der Waals surface area contributed by atoms with Crippen molar-refractivity contribution in [2.45, 2.75) is 33.1 Å². The number of rotatable bonds is 4. The number of oxazole rings is 1. The lowest BCUT2D eigenvalue weighted by Gasteiger charge is -2.33. The highest BCUT2D eigenvalue weighted by Gasteiger charge is 2.19. The summed E-state index contributed by atoms with van der Waals surface area (Å²) in [5.41, 5.74) is 3.21. The van der Waals surface area contributed by atoms with Gasteiger partial charge in [0, 0.05) is 38.7 Å². The van der Waals surface area contributed by atoms with Crippen molar-refractivity contribution in [3.63, 3.8) is 0 Å². The van der Waals surface area contributed by atoms with Crippen LogP contribution in [0.3, 0.4) is 0 Å². The molecule has 1 aliphatic heterocycles. The molecule has 134 valence electrons. The third-order valence-corrected chi connectivity index (χ3v) is 4.68. The van der Waals surface area contributed by atoms with Crippen LogP contribution >= 0.6 is 0 Å². The Morgan fingerprint density at radius 2 is 2.16 bits per heavy atom. The summed E-state index contributed by atoms with van der Waals surface area (Å²) in [4.78, 5) is 11.4. The van der Waals surface area contributed by atoms with Gasteiger partial charge in [-0.25, -0.2) is 4.98 Å². The minimum absolute atomic E-state index is 0.684. The Balaban J connectivity index is 1.52. The van der Waals surface area contributed by atoms with Gasteiger partial charge in [-0.05, 0) is 37.8 Å². The van der Waals surface area contributed by atoms with Crippen molar-refractivity contribution < 1.29 is 4.42 Å². The Morgan fingerprint density at radius 3 is 2.88 bits per heavy atom. The smallest absolute Gasteiger partial charge is 0.226 e. The lowest BCUT2D eigenvalue weighted by molar-refractivity contribution is 0.266. The highest BCUT2D eigenvalue weighted by Crippen LogP contribution is 2.19. The number of aliphatic imine (C=N–C) groups is 1. The predicted molar refractivity (Wildman–Crippen MR) is 102 cm³/mol. The fourth-order valence-corrected chi connectivity index (χ4v) is 3.27. The molecule has 0 bridgehead atoms. The fraction of sp³-hybridized carbons (Fsp3) is 0.500. The van der Waals surface area contributed by atoms with Crippen LogP contribution in [0.4, 0.5) is 0 Å². The highest BCUT2D eigenvalue weighted by molar-refractivity contribution is 5.80. The van der Waals surface area contributed by atoms with Crippen LogP contribution in [0.1, 0.15) is 31.0 Å². The first-order chi connectivity index (χ1) is 12.2. The number of aromatic nitrogens is 1. The second kappa shape index (κ2) is 8.19. The average Bonchev–Trinajstić information content (AvgIpc) is 3.08. The molecule has 0 aliphatic carbocycles. The maximum atomic E-state index is 5.63. The molecule has 1 aromatic carbocycles. The molecule has 5 heteroatoms. The standard InChI is InChI=1S/C20H28N4O/c1-15-6-8-17(9-7-15)19-23-18(14-25-19)10-11-22-20(21-3)24-12-4-5-16(2)13-24/h6-9,14,16H,4-5,10-13H2,1-3H3,(H,21,22). The van der Waals surface area contributed by atoms with Gasteiger partial charge < -0.3 is 14.6 Å². The van der Waals surface area contributed by atoms with Gasteiger partial charge in [0.1, 0.15) is 6.26 Å². The van der Waals surface area contributed by atoms with Gasteiger partial charge in [-0.2, -0.15) is 0 Å². The molecule has 0 radical (unpaired) electrons. The summed E-state index contributed by atoms with van der Waals surface area (Å²) in [6.45, 7) is 7.36. The molecule has 1 aliphatic rings. The first-order valence-corrected chi connectivity index (χ1v) is 9.12. The quantitative estimate of drug-likeness (QED) is 0.684. The van der Waals surface area contributed by atoms with E-state index in [1.165, 1.54) is 18.4 Å². The summed E-state index contributed by atoms with van der Waals surface area (Å²) in [7, 11) is 1.85. The third kappa shape index (κ3) is 4.62. The van der Waals surface area contributed by atoms with Crippen molar-refractivity contribution in [1.29, 1.82) is 0 Å². The second-order valence-electron chi connectivity index (χ2n) is 6.93. The van der Waals surface area contributed by atoms with E-state index in [9.17, 15) is 0 Å². The molecule has 3 rings (SSSR count). The monoisotopic (exact) mass is 340 g/mol. The Morgan fingerprint density at radius 1 is 1.36 bits per heavy atom. The van der Waals surface area contributed by atoms with Gasteiger partial charge >= 0.3 is 0 Å². The summed E-state index contributed by atoms with van der Waals surface area (Å²) in [6, 6.07) is 8.24. The van der Waals surface area contributed by atoms with E-state index < -0.39 is 0 Å². The molecule has 1 aromatic heterocycles. The van der Waals surface area contributed by atoms with Gasteiger partial charge in [0.25, 0.3) is 0 Å². The number of nitrogens with zero attached hydrogens (tertiary/aromatic N) is 3. The maximum absolute atomic E-state index is 5.63. The number of likely N-dealkylation sites (tertiary alicyclic amines) is 1. The molecule has 0 amide bonds. The summed E-state index contributed by atoms with van der Waals surface area (Å²) in [6.07, 6.45) is 5.12. The molecular formula is C20H28N4O. The van der Waals surface area contributed by atoms with E-state index in [0.29, 0.717) is 5.89 Å². The van der Waals surface area contributed by atoms with E-state index in [2.05, 4.69) is 46.2 Å². The molecule has 1 N–H and O–H groups in total. The first-order valence-electron chi connectivity index (χ1n) is 9.12. The molecule has 1 fully saturated rings. The van der Waals surface area contributed by atoms with Crippen LogP contribution in [0.25, 0.3) is 11.5 Å². The van der Waals surface area contributed by atoms with E-state index >= 15 is 0 Å². The summed E-state index contributed by atoms with van der Waals surface area (Å²) in [5.74, 6) is 2.41. The van der Waals surface area contributed by atoms with Gasteiger partial charge in [0.05, 0.1) is 5.69 Å². The van der Waals surface area contributed by atoms with Crippen LogP contribution < -0.4 is 5.32 Å². The van der Waals surface area contributed by atoms with Crippen molar-refractivity contribution in [3.05, 3.63) is 41.8 Å². The molecule has 1 atom stereocenters. The van der Waals surface area contributed by atoms with Crippen molar-refractivity contribution in [2.75, 3.05) is 26.7 Å². The lowest BCUT2D eigenvalue weighted by atomic mass is 10.0. The van der Waals surface area contributed by atoms with Crippen LogP contribution in [0.2, 0.25) is 0 Å². The van der Waals surface area contributed by atoms with Gasteiger partial charge in [-0.1, -0.05) is 24.6 Å². The number of guanidine groups is 1. The van der Waals surface area contributed by atoms with E-state index in [0.717, 1.165) is 49.2 Å². The normalized spacial score (nSPS) is 18.4. The van der Waals surface area contributed by atoms with Gasteiger partial charge in [0.15, 0.2) is 5.96 Å². The number of hydrogen-bond acceptors (Lipinski definition) is 3. The molecule has 0 spiro atoms. The van der Waals surface area contributed by atoms with Crippen LogP contribution in [0.5, 0.6) is 0 Å². The van der Waals surface area contributed by atoms with Crippen LogP contribution in [0, 0.1) is 12.8 Å². The van der Waals surface area contributed by atoms with E-state index in [1.54, 1.807) is 6.26 Å². The Bertz CT molecular complexity index is 705. The van der Waals surface area contributed by atoms with E-state index in [1.807, 2.05) is 19.2 Å². The minimum atomic E-state index is 0.684. The van der Waals surface area contributed by atoms with Gasteiger partial charge in [-0.3, -0.25) is 4.99 Å². The average molecular weight is 340 g/mol. The zero-order chi connectivity index (χ0) is 17.6. The minimum Gasteiger partial charge on any atom is -0.444 e. The van der Waals surface area contributed by atoms with E-state index in [4.69, 9.17) is 4.42 Å². The van der Waals surface area contributed by atoms with Crippen LogP contribution in [0.15, 0.2) is 39.9 Å². The van der Waals surface area contributed by atoms with Crippen molar-refractivity contribution in [1.82, 2.24) is 15.2 Å². The van der Waals surface area contributed by atoms with Crippen molar-refractivity contribution >= 4 is 5.96 Å². The largest absolute Gasteiger partial charge is 0.444 e. The molecule has 1 unspecified atom stereocenters. The Hall–Kier alpha value is -2.30. The van der Waals surface area contributed by atoms with Crippen molar-refractivity contribution in [2.24, 2.45) is 10.9 Å². The molecule has 25 heavy (non-hydrogen) atoms. The number of hydrogen-bond donors (Lipinski definition) is 1. The number of nitrogens with one attached hydrogen (secondary N) is 1. The molecule has 0 saturated carbocycles. The molecule has 2 aromatic rings. The zero-order valence-corrected chi connectivity index (χ0v) is 15.5. The number of aryl methyl sites for hydroxylation is 1. The summed E-state index contributed by atoms with van der Waals surface area (Å²) >= 11 is 0. The van der Waals surface area contributed by atoms with E-state index in [-0.39, 0.29) is 0 Å².